The second kappa shape index (κ2) is 7.95. The Morgan fingerprint density at radius 2 is 2.23 bits per heavy atom. The van der Waals surface area contributed by atoms with Crippen molar-refractivity contribution in [3.63, 3.8) is 0 Å². The molecule has 0 radical (unpaired) electrons. The van der Waals surface area contributed by atoms with Gasteiger partial charge in [-0.15, -0.1) is 11.3 Å². The molecule has 1 aromatic rings. The van der Waals surface area contributed by atoms with Crippen LogP contribution < -0.4 is 5.32 Å². The molecule has 5 heteroatoms. The van der Waals surface area contributed by atoms with Gasteiger partial charge in [0.25, 0.3) is 0 Å². The lowest BCUT2D eigenvalue weighted by atomic mass is 9.97. The number of rotatable bonds is 5. The van der Waals surface area contributed by atoms with Crippen LogP contribution in [0.5, 0.6) is 0 Å². The number of nitrogens with zero attached hydrogens (tertiary/aromatic N) is 3. The summed E-state index contributed by atoms with van der Waals surface area (Å²) in [5.74, 6) is 2.67. The minimum absolute atomic E-state index is 0.789. The quantitative estimate of drug-likeness (QED) is 0.668. The number of aromatic nitrogens is 1. The zero-order chi connectivity index (χ0) is 16.1. The molecule has 1 aliphatic heterocycles. The maximum atomic E-state index is 4.49. The fourth-order valence-electron chi connectivity index (χ4n) is 3.31. The van der Waals surface area contributed by atoms with Crippen molar-refractivity contribution in [1.82, 2.24) is 15.2 Å². The Morgan fingerprint density at radius 3 is 2.82 bits per heavy atom. The van der Waals surface area contributed by atoms with Crippen molar-refractivity contribution in [2.24, 2.45) is 16.8 Å². The summed E-state index contributed by atoms with van der Waals surface area (Å²) in [4.78, 5) is 12.8. The van der Waals surface area contributed by atoms with Gasteiger partial charge in [0.1, 0.15) is 0 Å². The molecule has 124 valence electrons. The van der Waals surface area contributed by atoms with E-state index in [0.717, 1.165) is 48.9 Å². The van der Waals surface area contributed by atoms with E-state index in [1.807, 2.05) is 18.4 Å². The highest BCUT2D eigenvalue weighted by Crippen LogP contribution is 2.23. The highest BCUT2D eigenvalue weighted by atomic mass is 32.1. The first-order valence-corrected chi connectivity index (χ1v) is 9.19. The van der Waals surface area contributed by atoms with Gasteiger partial charge in [0.05, 0.1) is 10.7 Å². The number of thiazole rings is 1. The van der Waals surface area contributed by atoms with Crippen LogP contribution in [0.4, 0.5) is 0 Å². The Hall–Kier alpha value is -1.10. The Morgan fingerprint density at radius 1 is 1.45 bits per heavy atom. The van der Waals surface area contributed by atoms with E-state index in [9.17, 15) is 0 Å². The van der Waals surface area contributed by atoms with Crippen LogP contribution in [0.3, 0.4) is 0 Å². The lowest BCUT2D eigenvalue weighted by Crippen LogP contribution is -2.40. The normalized spacial score (nSPS) is 19.3. The summed E-state index contributed by atoms with van der Waals surface area (Å²) in [7, 11) is 1.89. The molecule has 2 heterocycles. The van der Waals surface area contributed by atoms with Crippen molar-refractivity contribution in [2.75, 3.05) is 26.7 Å². The molecule has 0 saturated carbocycles. The first-order chi connectivity index (χ1) is 10.5. The van der Waals surface area contributed by atoms with Crippen LogP contribution in [0.1, 0.15) is 42.3 Å². The van der Waals surface area contributed by atoms with Gasteiger partial charge in [0, 0.05) is 38.0 Å². The number of aryl methyl sites for hydroxylation is 2. The summed E-state index contributed by atoms with van der Waals surface area (Å²) in [6.07, 6.45) is 3.65. The lowest BCUT2D eigenvalue weighted by molar-refractivity contribution is 0.404. The number of likely N-dealkylation sites (tertiary alicyclic amines) is 1. The van der Waals surface area contributed by atoms with E-state index in [1.165, 1.54) is 23.4 Å². The van der Waals surface area contributed by atoms with Crippen LogP contribution in [0, 0.1) is 25.7 Å². The molecule has 1 atom stereocenters. The van der Waals surface area contributed by atoms with Crippen molar-refractivity contribution in [3.8, 4) is 0 Å². The molecular formula is C17H30N4S. The van der Waals surface area contributed by atoms with Gasteiger partial charge >= 0.3 is 0 Å². The summed E-state index contributed by atoms with van der Waals surface area (Å²) >= 11 is 1.81. The van der Waals surface area contributed by atoms with Gasteiger partial charge < -0.3 is 10.2 Å². The van der Waals surface area contributed by atoms with E-state index in [0.29, 0.717) is 0 Å². The SMILES string of the molecule is CN=C(NCCc1sc(C)nc1C)N1CCC(CC(C)C)C1. The van der Waals surface area contributed by atoms with E-state index in [1.54, 1.807) is 0 Å². The van der Waals surface area contributed by atoms with Crippen LogP contribution in [-0.2, 0) is 6.42 Å². The number of nitrogens with one attached hydrogen (secondary N) is 1. The average Bonchev–Trinajstić information content (AvgIpc) is 3.01. The fraction of sp³-hybridized carbons (Fsp3) is 0.765. The van der Waals surface area contributed by atoms with Crippen LogP contribution in [0.15, 0.2) is 4.99 Å². The second-order valence-electron chi connectivity index (χ2n) is 6.70. The summed E-state index contributed by atoms with van der Waals surface area (Å²) in [6, 6.07) is 0. The lowest BCUT2D eigenvalue weighted by Gasteiger charge is -2.22. The summed E-state index contributed by atoms with van der Waals surface area (Å²) in [5.41, 5.74) is 1.18. The molecule has 1 saturated heterocycles. The minimum Gasteiger partial charge on any atom is -0.356 e. The van der Waals surface area contributed by atoms with Gasteiger partial charge in [0.2, 0.25) is 0 Å². The van der Waals surface area contributed by atoms with Crippen molar-refractivity contribution < 1.29 is 0 Å². The summed E-state index contributed by atoms with van der Waals surface area (Å²) < 4.78 is 0. The number of hydrogen-bond donors (Lipinski definition) is 1. The van der Waals surface area contributed by atoms with Gasteiger partial charge in [-0.2, -0.15) is 0 Å². The molecule has 2 rings (SSSR count). The van der Waals surface area contributed by atoms with E-state index in [4.69, 9.17) is 0 Å². The molecule has 1 unspecified atom stereocenters. The molecule has 1 aliphatic rings. The predicted octanol–water partition coefficient (Wildman–Crippen LogP) is 3.25. The number of hydrogen-bond acceptors (Lipinski definition) is 3. The van der Waals surface area contributed by atoms with Crippen molar-refractivity contribution in [3.05, 3.63) is 15.6 Å². The minimum atomic E-state index is 0.789. The van der Waals surface area contributed by atoms with E-state index >= 15 is 0 Å². The Bertz CT molecular complexity index is 507. The summed E-state index contributed by atoms with van der Waals surface area (Å²) in [6.45, 7) is 12.0. The second-order valence-corrected chi connectivity index (χ2v) is 7.98. The summed E-state index contributed by atoms with van der Waals surface area (Å²) in [5, 5.41) is 4.69. The van der Waals surface area contributed by atoms with Crippen molar-refractivity contribution >= 4 is 17.3 Å². The van der Waals surface area contributed by atoms with Gasteiger partial charge in [-0.25, -0.2) is 4.98 Å². The topological polar surface area (TPSA) is 40.5 Å². The third-order valence-corrected chi connectivity index (χ3v) is 5.37. The largest absolute Gasteiger partial charge is 0.356 e. The third-order valence-electron chi connectivity index (χ3n) is 4.24. The third kappa shape index (κ3) is 4.70. The highest BCUT2D eigenvalue weighted by Gasteiger charge is 2.25. The number of aliphatic imine (C=N–C) groups is 1. The molecular weight excluding hydrogens is 292 g/mol. The van der Waals surface area contributed by atoms with Crippen LogP contribution >= 0.6 is 11.3 Å². The van der Waals surface area contributed by atoms with Gasteiger partial charge in [-0.1, -0.05) is 13.8 Å². The zero-order valence-corrected chi connectivity index (χ0v) is 15.5. The molecule has 0 bridgehead atoms. The maximum Gasteiger partial charge on any atom is 0.193 e. The van der Waals surface area contributed by atoms with E-state index in [-0.39, 0.29) is 0 Å². The van der Waals surface area contributed by atoms with Crippen molar-refractivity contribution in [2.45, 2.75) is 47.0 Å². The van der Waals surface area contributed by atoms with Gasteiger partial charge in [-0.05, 0) is 38.5 Å². The Kier molecular flexibility index (Phi) is 6.24. The monoisotopic (exact) mass is 322 g/mol. The average molecular weight is 323 g/mol. The first kappa shape index (κ1) is 17.3. The standard InChI is InChI=1S/C17H30N4S/c1-12(2)10-15-7-9-21(11-15)17(18-5)19-8-6-16-13(3)20-14(4)22-16/h12,15H,6-11H2,1-5H3,(H,18,19). The molecule has 0 amide bonds. The van der Waals surface area contributed by atoms with Gasteiger partial charge in [0.15, 0.2) is 5.96 Å². The maximum absolute atomic E-state index is 4.49. The van der Waals surface area contributed by atoms with E-state index < -0.39 is 0 Å². The predicted molar refractivity (Wildman–Crippen MR) is 95.8 cm³/mol. The zero-order valence-electron chi connectivity index (χ0n) is 14.6. The van der Waals surface area contributed by atoms with E-state index in [2.05, 4.69) is 47.9 Å². The first-order valence-electron chi connectivity index (χ1n) is 8.38. The van der Waals surface area contributed by atoms with Crippen LogP contribution in [0.2, 0.25) is 0 Å². The fourth-order valence-corrected chi connectivity index (χ4v) is 4.25. The Labute approximate surface area is 139 Å². The van der Waals surface area contributed by atoms with Crippen LogP contribution in [0.25, 0.3) is 0 Å². The molecule has 0 aromatic carbocycles. The van der Waals surface area contributed by atoms with Crippen molar-refractivity contribution in [1.29, 1.82) is 0 Å². The smallest absolute Gasteiger partial charge is 0.193 e. The molecule has 4 nitrogen and oxygen atoms in total. The van der Waals surface area contributed by atoms with Gasteiger partial charge in [-0.3, -0.25) is 4.99 Å². The molecule has 0 aliphatic carbocycles. The molecule has 22 heavy (non-hydrogen) atoms. The number of guanidine groups is 1. The molecule has 1 N–H and O–H groups in total. The molecule has 0 spiro atoms. The van der Waals surface area contributed by atoms with Crippen LogP contribution in [-0.4, -0.2) is 42.5 Å². The molecule has 1 fully saturated rings. The highest BCUT2D eigenvalue weighted by molar-refractivity contribution is 7.11. The Balaban J connectivity index is 1.80. The molecule has 1 aromatic heterocycles.